The first-order chi connectivity index (χ1) is 9.48. The molecule has 1 fully saturated rings. The van der Waals surface area contributed by atoms with Crippen molar-refractivity contribution in [3.05, 3.63) is 28.7 Å². The molecule has 1 saturated carbocycles. The summed E-state index contributed by atoms with van der Waals surface area (Å²) < 4.78 is 6.11. The summed E-state index contributed by atoms with van der Waals surface area (Å²) in [7, 11) is 1.47. The Morgan fingerprint density at radius 2 is 2.00 bits per heavy atom. The van der Waals surface area contributed by atoms with E-state index >= 15 is 0 Å². The maximum absolute atomic E-state index is 12.4. The third-order valence-corrected chi connectivity index (χ3v) is 4.92. The molecule has 4 heteroatoms. The van der Waals surface area contributed by atoms with E-state index in [9.17, 15) is 4.79 Å². The molecule has 1 aliphatic carbocycles. The molecule has 1 aromatic rings. The first-order valence-corrected chi connectivity index (χ1v) is 7.89. The molecule has 0 heterocycles. The van der Waals surface area contributed by atoms with Crippen LogP contribution in [0, 0.1) is 11.8 Å². The van der Waals surface area contributed by atoms with Gasteiger partial charge in [0.15, 0.2) is 0 Å². The summed E-state index contributed by atoms with van der Waals surface area (Å²) in [4.78, 5) is 12.4. The van der Waals surface area contributed by atoms with Gasteiger partial charge in [0.25, 0.3) is 0 Å². The number of esters is 1. The van der Waals surface area contributed by atoms with Gasteiger partial charge in [-0.2, -0.15) is 0 Å². The molecule has 110 valence electrons. The zero-order valence-corrected chi connectivity index (χ0v) is 13.9. The number of carbonyl (C=O) groups is 1. The summed E-state index contributed by atoms with van der Waals surface area (Å²) in [6.45, 7) is 4.38. The van der Waals surface area contributed by atoms with Gasteiger partial charge in [-0.05, 0) is 55.4 Å². The highest BCUT2D eigenvalue weighted by Crippen LogP contribution is 2.40. The van der Waals surface area contributed by atoms with Crippen LogP contribution in [0.4, 0.5) is 5.69 Å². The predicted octanol–water partition coefficient (Wildman–Crippen LogP) is 4.23. The van der Waals surface area contributed by atoms with E-state index in [1.165, 1.54) is 7.11 Å². The summed E-state index contributed by atoms with van der Waals surface area (Å²) in [6.07, 6.45) is 2.90. The van der Waals surface area contributed by atoms with E-state index < -0.39 is 5.54 Å². The number of nitrogens with one attached hydrogen (secondary N) is 1. The van der Waals surface area contributed by atoms with Crippen molar-refractivity contribution in [3.63, 3.8) is 0 Å². The lowest BCUT2D eigenvalue weighted by Crippen LogP contribution is -2.55. The first kappa shape index (κ1) is 15.4. The minimum Gasteiger partial charge on any atom is -0.467 e. The smallest absolute Gasteiger partial charge is 0.331 e. The summed E-state index contributed by atoms with van der Waals surface area (Å²) in [5.74, 6) is 0.761. The van der Waals surface area contributed by atoms with E-state index in [4.69, 9.17) is 4.74 Å². The second kappa shape index (κ2) is 6.17. The number of rotatable bonds is 3. The van der Waals surface area contributed by atoms with Gasteiger partial charge in [0.1, 0.15) is 5.54 Å². The Balaban J connectivity index is 2.28. The molecule has 1 aromatic carbocycles. The van der Waals surface area contributed by atoms with Gasteiger partial charge in [-0.15, -0.1) is 0 Å². The second-order valence-corrected chi connectivity index (χ2v) is 6.79. The van der Waals surface area contributed by atoms with Crippen LogP contribution in [0.1, 0.15) is 33.1 Å². The van der Waals surface area contributed by atoms with Crippen LogP contribution in [0.15, 0.2) is 28.7 Å². The van der Waals surface area contributed by atoms with Gasteiger partial charge in [0.05, 0.1) is 7.11 Å². The normalized spacial score (nSPS) is 29.8. The zero-order valence-electron chi connectivity index (χ0n) is 12.3. The Labute approximate surface area is 129 Å². The monoisotopic (exact) mass is 339 g/mol. The van der Waals surface area contributed by atoms with Gasteiger partial charge < -0.3 is 10.1 Å². The fourth-order valence-corrected chi connectivity index (χ4v) is 3.42. The van der Waals surface area contributed by atoms with Crippen LogP contribution in [0.25, 0.3) is 0 Å². The fraction of sp³-hybridized carbons (Fsp3) is 0.562. The maximum Gasteiger partial charge on any atom is 0.331 e. The fourth-order valence-electron chi connectivity index (χ4n) is 3.16. The molecule has 0 saturated heterocycles. The third kappa shape index (κ3) is 3.00. The van der Waals surface area contributed by atoms with Gasteiger partial charge >= 0.3 is 5.97 Å². The highest BCUT2D eigenvalue weighted by molar-refractivity contribution is 9.10. The van der Waals surface area contributed by atoms with E-state index in [1.807, 2.05) is 24.3 Å². The van der Waals surface area contributed by atoms with Crippen LogP contribution >= 0.6 is 15.9 Å². The molecule has 0 bridgehead atoms. The molecule has 0 aromatic heterocycles. The van der Waals surface area contributed by atoms with Crippen LogP contribution in [0.3, 0.4) is 0 Å². The predicted molar refractivity (Wildman–Crippen MR) is 84.7 cm³/mol. The van der Waals surface area contributed by atoms with Gasteiger partial charge in [0, 0.05) is 10.2 Å². The van der Waals surface area contributed by atoms with Crippen LogP contribution in [0.2, 0.25) is 0 Å². The Kier molecular flexibility index (Phi) is 4.74. The average Bonchev–Trinajstić information content (AvgIpc) is 2.43. The van der Waals surface area contributed by atoms with Crippen molar-refractivity contribution in [2.75, 3.05) is 12.4 Å². The van der Waals surface area contributed by atoms with Crippen LogP contribution in [0.5, 0.6) is 0 Å². The number of methoxy groups -OCH3 is 1. The topological polar surface area (TPSA) is 38.3 Å². The summed E-state index contributed by atoms with van der Waals surface area (Å²) in [5, 5.41) is 3.45. The SMILES string of the molecule is COC(=O)C1(Nc2ccc(Br)cc2)CCC(C)CC1C. The van der Waals surface area contributed by atoms with Crippen molar-refractivity contribution < 1.29 is 9.53 Å². The summed E-state index contributed by atoms with van der Waals surface area (Å²) >= 11 is 3.43. The van der Waals surface area contributed by atoms with E-state index in [-0.39, 0.29) is 11.9 Å². The van der Waals surface area contributed by atoms with Gasteiger partial charge in [-0.25, -0.2) is 4.79 Å². The lowest BCUT2D eigenvalue weighted by molar-refractivity contribution is -0.149. The molecule has 1 N–H and O–H groups in total. The van der Waals surface area contributed by atoms with Gasteiger partial charge in [0.2, 0.25) is 0 Å². The van der Waals surface area contributed by atoms with E-state index in [2.05, 4.69) is 35.1 Å². The highest BCUT2D eigenvalue weighted by atomic mass is 79.9. The molecule has 1 aliphatic rings. The summed E-state index contributed by atoms with van der Waals surface area (Å²) in [6, 6.07) is 7.92. The zero-order chi connectivity index (χ0) is 14.8. The molecule has 2 rings (SSSR count). The minimum atomic E-state index is -0.602. The second-order valence-electron chi connectivity index (χ2n) is 5.88. The van der Waals surface area contributed by atoms with Crippen LogP contribution in [-0.2, 0) is 9.53 Å². The van der Waals surface area contributed by atoms with Crippen molar-refractivity contribution >= 4 is 27.6 Å². The number of ether oxygens (including phenoxy) is 1. The third-order valence-electron chi connectivity index (χ3n) is 4.39. The van der Waals surface area contributed by atoms with E-state index in [0.29, 0.717) is 5.92 Å². The number of hydrogen-bond acceptors (Lipinski definition) is 3. The average molecular weight is 340 g/mol. The number of benzene rings is 1. The van der Waals surface area contributed by atoms with Crippen molar-refractivity contribution in [3.8, 4) is 0 Å². The maximum atomic E-state index is 12.4. The molecular formula is C16H22BrNO2. The number of carbonyl (C=O) groups excluding carboxylic acids is 1. The number of halogens is 1. The van der Waals surface area contributed by atoms with Crippen molar-refractivity contribution in [1.29, 1.82) is 0 Å². The lowest BCUT2D eigenvalue weighted by atomic mass is 9.69. The first-order valence-electron chi connectivity index (χ1n) is 7.10. The van der Waals surface area contributed by atoms with Crippen LogP contribution < -0.4 is 5.32 Å². The Hall–Kier alpha value is -1.03. The van der Waals surface area contributed by atoms with Crippen molar-refractivity contribution in [2.24, 2.45) is 11.8 Å². The molecule has 0 spiro atoms. The molecule has 3 atom stereocenters. The largest absolute Gasteiger partial charge is 0.467 e. The standard InChI is InChI=1S/C16H22BrNO2/c1-11-8-9-16(12(2)10-11,15(19)20-3)18-14-6-4-13(17)5-7-14/h4-7,11-12,18H,8-10H2,1-3H3. The highest BCUT2D eigenvalue weighted by Gasteiger charge is 2.47. The van der Waals surface area contributed by atoms with Crippen molar-refractivity contribution in [2.45, 2.75) is 38.6 Å². The molecule has 3 nitrogen and oxygen atoms in total. The van der Waals surface area contributed by atoms with Crippen molar-refractivity contribution in [1.82, 2.24) is 0 Å². The molecule has 20 heavy (non-hydrogen) atoms. The van der Waals surface area contributed by atoms with E-state index in [0.717, 1.165) is 29.4 Å². The quantitative estimate of drug-likeness (QED) is 0.837. The Bertz CT molecular complexity index is 474. The molecule has 3 unspecified atom stereocenters. The number of hydrogen-bond donors (Lipinski definition) is 1. The molecule has 0 aliphatic heterocycles. The molecule has 0 radical (unpaired) electrons. The lowest BCUT2D eigenvalue weighted by Gasteiger charge is -2.43. The van der Waals surface area contributed by atoms with E-state index in [1.54, 1.807) is 0 Å². The molecule has 0 amide bonds. The minimum absolute atomic E-state index is 0.153. The Morgan fingerprint density at radius 1 is 1.35 bits per heavy atom. The Morgan fingerprint density at radius 3 is 2.55 bits per heavy atom. The van der Waals surface area contributed by atoms with Crippen LogP contribution in [-0.4, -0.2) is 18.6 Å². The number of anilines is 1. The summed E-state index contributed by atoms with van der Waals surface area (Å²) in [5.41, 5.74) is 0.356. The van der Waals surface area contributed by atoms with Gasteiger partial charge in [-0.3, -0.25) is 0 Å². The van der Waals surface area contributed by atoms with Gasteiger partial charge in [-0.1, -0.05) is 29.8 Å². The molecular weight excluding hydrogens is 318 g/mol.